The zero-order chi connectivity index (χ0) is 17.6. The Hall–Kier alpha value is -2.44. The van der Waals surface area contributed by atoms with Gasteiger partial charge in [-0.3, -0.25) is 4.79 Å². The molecule has 5 nitrogen and oxygen atoms in total. The molecule has 6 heteroatoms. The molecule has 0 aliphatic rings. The summed E-state index contributed by atoms with van der Waals surface area (Å²) in [5.74, 6) is 0.457. The molecule has 0 radical (unpaired) electrons. The van der Waals surface area contributed by atoms with Crippen molar-refractivity contribution in [3.05, 3.63) is 64.5 Å². The quantitative estimate of drug-likeness (QED) is 0.650. The van der Waals surface area contributed by atoms with Crippen molar-refractivity contribution in [2.75, 3.05) is 27.2 Å². The van der Waals surface area contributed by atoms with E-state index in [9.17, 15) is 4.79 Å². The topological polar surface area (TPSA) is 49.6 Å². The number of amides is 1. The van der Waals surface area contributed by atoms with Gasteiger partial charge in [0.2, 0.25) is 0 Å². The van der Waals surface area contributed by atoms with Crippen LogP contribution in [0.4, 0.5) is 0 Å². The smallest absolute Gasteiger partial charge is 0.259 e. The van der Waals surface area contributed by atoms with Crippen LogP contribution in [0.15, 0.2) is 57.9 Å². The molecule has 0 atom stereocenters. The molecule has 1 amide bonds. The minimum atomic E-state index is -0.0619. The average molecular weight is 355 g/mol. The fourth-order valence-electron chi connectivity index (χ4n) is 2.54. The van der Waals surface area contributed by atoms with Crippen LogP contribution in [0.1, 0.15) is 15.9 Å². The molecule has 3 rings (SSSR count). The van der Waals surface area contributed by atoms with E-state index in [0.717, 1.165) is 17.7 Å². The van der Waals surface area contributed by atoms with Gasteiger partial charge in [0.05, 0.1) is 6.20 Å². The highest BCUT2D eigenvalue weighted by molar-refractivity contribution is 7.07. The lowest BCUT2D eigenvalue weighted by atomic mass is 10.1. The molecule has 0 aliphatic carbocycles. The Labute approximate surface area is 151 Å². The van der Waals surface area contributed by atoms with Gasteiger partial charge in [-0.15, -0.1) is 0 Å². The zero-order valence-corrected chi connectivity index (χ0v) is 15.2. The summed E-state index contributed by atoms with van der Waals surface area (Å²) in [6, 6.07) is 11.6. The first-order valence-corrected chi connectivity index (χ1v) is 9.04. The van der Waals surface area contributed by atoms with Gasteiger partial charge in [0, 0.05) is 25.2 Å². The van der Waals surface area contributed by atoms with Crippen molar-refractivity contribution in [2.24, 2.45) is 0 Å². The van der Waals surface area contributed by atoms with Gasteiger partial charge in [-0.25, -0.2) is 0 Å². The minimum absolute atomic E-state index is 0.0619. The van der Waals surface area contributed by atoms with E-state index in [2.05, 4.69) is 15.4 Å². The van der Waals surface area contributed by atoms with Gasteiger partial charge in [-0.1, -0.05) is 35.5 Å². The molecule has 25 heavy (non-hydrogen) atoms. The Bertz CT molecular complexity index is 797. The summed E-state index contributed by atoms with van der Waals surface area (Å²) in [6.07, 6.45) is 1.51. The van der Waals surface area contributed by atoms with Gasteiger partial charge >= 0.3 is 0 Å². The van der Waals surface area contributed by atoms with Gasteiger partial charge in [0.1, 0.15) is 5.56 Å². The van der Waals surface area contributed by atoms with E-state index in [0.29, 0.717) is 24.4 Å². The van der Waals surface area contributed by atoms with Gasteiger partial charge < -0.3 is 14.3 Å². The van der Waals surface area contributed by atoms with Crippen molar-refractivity contribution < 1.29 is 9.32 Å². The average Bonchev–Trinajstić information content (AvgIpc) is 3.30. The van der Waals surface area contributed by atoms with E-state index in [1.54, 1.807) is 11.3 Å². The van der Waals surface area contributed by atoms with Crippen molar-refractivity contribution in [2.45, 2.75) is 6.54 Å². The predicted molar refractivity (Wildman–Crippen MR) is 99.6 cm³/mol. The molecule has 0 N–H and O–H groups in total. The molecule has 0 saturated carbocycles. The third-order valence-electron chi connectivity index (χ3n) is 3.89. The number of likely N-dealkylation sites (N-methyl/N-ethyl adjacent to an activating group) is 1. The van der Waals surface area contributed by atoms with Gasteiger partial charge in [-0.05, 0) is 36.5 Å². The molecule has 2 aromatic heterocycles. The van der Waals surface area contributed by atoms with Crippen LogP contribution in [0.5, 0.6) is 0 Å². The molecule has 0 aliphatic heterocycles. The van der Waals surface area contributed by atoms with Gasteiger partial charge in [0.25, 0.3) is 5.91 Å². The van der Waals surface area contributed by atoms with Crippen LogP contribution >= 0.6 is 11.3 Å². The summed E-state index contributed by atoms with van der Waals surface area (Å²) in [5, 5.41) is 7.96. The van der Waals surface area contributed by atoms with Crippen LogP contribution in [0, 0.1) is 0 Å². The molecule has 0 fully saturated rings. The number of hydrogen-bond donors (Lipinski definition) is 0. The highest BCUT2D eigenvalue weighted by atomic mass is 32.1. The summed E-state index contributed by atoms with van der Waals surface area (Å²) in [6.45, 7) is 2.01. The summed E-state index contributed by atoms with van der Waals surface area (Å²) in [7, 11) is 4.00. The molecule has 1 aromatic carbocycles. The summed E-state index contributed by atoms with van der Waals surface area (Å²) >= 11 is 1.64. The molecule has 2 heterocycles. The monoisotopic (exact) mass is 355 g/mol. The van der Waals surface area contributed by atoms with Crippen LogP contribution in [0.2, 0.25) is 0 Å². The Morgan fingerprint density at radius 1 is 1.16 bits per heavy atom. The fraction of sp³-hybridized carbons (Fsp3) is 0.263. The van der Waals surface area contributed by atoms with E-state index in [4.69, 9.17) is 4.52 Å². The standard InChI is InChI=1S/C19H21N3O2S/c1-21(2)9-10-22(13-15-8-11-25-14-15)19(23)17-12-20-24-18(17)16-6-4-3-5-7-16/h3-8,11-12,14H,9-10,13H2,1-2H3. The fourth-order valence-corrected chi connectivity index (χ4v) is 3.20. The minimum Gasteiger partial charge on any atom is -0.355 e. The highest BCUT2D eigenvalue weighted by Gasteiger charge is 2.23. The maximum Gasteiger partial charge on any atom is 0.259 e. The third-order valence-corrected chi connectivity index (χ3v) is 4.63. The molecule has 0 unspecified atom stereocenters. The first kappa shape index (κ1) is 17.4. The molecular formula is C19H21N3O2S. The number of carbonyl (C=O) groups is 1. The molecule has 0 bridgehead atoms. The molecule has 0 saturated heterocycles. The van der Waals surface area contributed by atoms with Gasteiger partial charge in [0.15, 0.2) is 5.76 Å². The van der Waals surface area contributed by atoms with E-state index < -0.39 is 0 Å². The summed E-state index contributed by atoms with van der Waals surface area (Å²) in [5.41, 5.74) is 2.49. The number of carbonyl (C=O) groups excluding carboxylic acids is 1. The first-order valence-electron chi connectivity index (χ1n) is 8.10. The molecular weight excluding hydrogens is 334 g/mol. The largest absolute Gasteiger partial charge is 0.355 e. The Balaban J connectivity index is 1.86. The Morgan fingerprint density at radius 3 is 2.64 bits per heavy atom. The molecule has 130 valence electrons. The first-order chi connectivity index (χ1) is 12.1. The second-order valence-corrected chi connectivity index (χ2v) is 6.88. The van der Waals surface area contributed by atoms with E-state index >= 15 is 0 Å². The van der Waals surface area contributed by atoms with Crippen molar-refractivity contribution in [1.29, 1.82) is 0 Å². The van der Waals surface area contributed by atoms with Crippen molar-refractivity contribution in [1.82, 2.24) is 15.0 Å². The van der Waals surface area contributed by atoms with Crippen molar-refractivity contribution in [3.63, 3.8) is 0 Å². The summed E-state index contributed by atoms with van der Waals surface area (Å²) in [4.78, 5) is 17.1. The van der Waals surface area contributed by atoms with Crippen molar-refractivity contribution in [3.8, 4) is 11.3 Å². The number of benzene rings is 1. The van der Waals surface area contributed by atoms with E-state index in [-0.39, 0.29) is 5.91 Å². The maximum absolute atomic E-state index is 13.1. The predicted octanol–water partition coefficient (Wildman–Crippen LogP) is 3.61. The summed E-state index contributed by atoms with van der Waals surface area (Å²) < 4.78 is 5.38. The lowest BCUT2D eigenvalue weighted by Crippen LogP contribution is -2.36. The van der Waals surface area contributed by atoms with Gasteiger partial charge in [-0.2, -0.15) is 11.3 Å². The maximum atomic E-state index is 13.1. The number of aromatic nitrogens is 1. The molecule has 3 aromatic rings. The normalized spacial score (nSPS) is 11.0. The number of thiophene rings is 1. The zero-order valence-electron chi connectivity index (χ0n) is 14.4. The highest BCUT2D eigenvalue weighted by Crippen LogP contribution is 2.25. The number of rotatable bonds is 7. The van der Waals surface area contributed by atoms with E-state index in [1.165, 1.54) is 6.20 Å². The SMILES string of the molecule is CN(C)CCN(Cc1ccsc1)C(=O)c1cnoc1-c1ccccc1. The van der Waals surface area contributed by atoms with Crippen LogP contribution in [-0.2, 0) is 6.54 Å². The van der Waals surface area contributed by atoms with E-state index in [1.807, 2.05) is 60.8 Å². The number of hydrogen-bond acceptors (Lipinski definition) is 5. The Kier molecular flexibility index (Phi) is 5.63. The lowest BCUT2D eigenvalue weighted by molar-refractivity contribution is 0.0732. The lowest BCUT2D eigenvalue weighted by Gasteiger charge is -2.24. The van der Waals surface area contributed by atoms with Crippen molar-refractivity contribution >= 4 is 17.2 Å². The third kappa shape index (κ3) is 4.35. The second-order valence-electron chi connectivity index (χ2n) is 6.10. The van der Waals surface area contributed by atoms with Crippen LogP contribution in [0.3, 0.4) is 0 Å². The second kappa shape index (κ2) is 8.09. The van der Waals surface area contributed by atoms with Crippen LogP contribution in [0.25, 0.3) is 11.3 Å². The Morgan fingerprint density at radius 2 is 1.96 bits per heavy atom. The molecule has 0 spiro atoms. The van der Waals surface area contributed by atoms with Crippen LogP contribution < -0.4 is 0 Å². The number of nitrogens with zero attached hydrogens (tertiary/aromatic N) is 3. The van der Waals surface area contributed by atoms with Crippen LogP contribution in [-0.4, -0.2) is 48.0 Å².